The maximum atomic E-state index is 6.57. The van der Waals surface area contributed by atoms with Crippen LogP contribution >= 0.6 is 0 Å². The lowest BCUT2D eigenvalue weighted by Crippen LogP contribution is -2.48. The van der Waals surface area contributed by atoms with Gasteiger partial charge >= 0.3 is 0 Å². The Labute approximate surface area is 368 Å². The topological polar surface area (TPSA) is 30.9 Å². The fraction of sp³-hybridized carbons (Fsp3) is 0.927. The molecule has 3 saturated carbocycles. The van der Waals surface area contributed by atoms with Crippen LogP contribution in [0.15, 0.2) is 23.8 Å². The first-order chi connectivity index (χ1) is 28.7. The van der Waals surface area contributed by atoms with Crippen LogP contribution < -0.4 is 0 Å². The Kier molecular flexibility index (Phi) is 25.6. The van der Waals surface area contributed by atoms with Gasteiger partial charge in [-0.05, 0) is 157 Å². The van der Waals surface area contributed by atoms with E-state index in [9.17, 15) is 0 Å². The molecule has 3 fully saturated rings. The zero-order valence-corrected chi connectivity index (χ0v) is 40.6. The highest BCUT2D eigenvalue weighted by atomic mass is 16.5. The van der Waals surface area contributed by atoms with E-state index in [0.717, 1.165) is 80.9 Å². The molecular weight excluding hydrogens is 723 g/mol. The van der Waals surface area contributed by atoms with Crippen LogP contribution in [0.3, 0.4) is 0 Å². The second kappa shape index (κ2) is 29.6. The van der Waals surface area contributed by atoms with Crippen LogP contribution in [-0.4, -0.2) is 64.2 Å². The zero-order valence-electron chi connectivity index (χ0n) is 40.6. The summed E-state index contributed by atoms with van der Waals surface area (Å²) in [6.07, 6.45) is 47.2. The number of allylic oxidation sites excluding steroid dienone is 3. The molecule has 59 heavy (non-hydrogen) atoms. The summed E-state index contributed by atoms with van der Waals surface area (Å²) in [7, 11) is 4.31. The van der Waals surface area contributed by atoms with Crippen molar-refractivity contribution in [2.45, 2.75) is 233 Å². The summed E-state index contributed by atoms with van der Waals surface area (Å²) in [5.74, 6) is 6.70. The van der Waals surface area contributed by atoms with E-state index >= 15 is 0 Å². The molecule has 0 aromatic heterocycles. The highest BCUT2D eigenvalue weighted by Gasteiger charge is 2.54. The number of ether oxygens (including phenoxy) is 3. The van der Waals surface area contributed by atoms with Crippen LogP contribution in [0.4, 0.5) is 0 Å². The SMILES string of the molecule is CCCCCCCCC=CCCCCCCCCOC[C@@H](COCCCCCCO[C@H]1CC[C@@]2(C)C(=CC[C@H]3C4CC[C@H]([C@H](C)CCCC(C)C)[C@H]4CCC32)C1)N(C)C. The summed E-state index contributed by atoms with van der Waals surface area (Å²) in [6.45, 7) is 16.6. The Bertz CT molecular complexity index is 1120. The smallest absolute Gasteiger partial charge is 0.0644 e. The Morgan fingerprint density at radius 1 is 0.661 bits per heavy atom. The molecule has 4 rings (SSSR count). The monoisotopic (exact) mass is 824 g/mol. The van der Waals surface area contributed by atoms with Crippen molar-refractivity contribution in [2.24, 2.45) is 46.8 Å². The van der Waals surface area contributed by atoms with Crippen molar-refractivity contribution in [1.82, 2.24) is 4.90 Å². The molecule has 4 nitrogen and oxygen atoms in total. The number of rotatable bonds is 34. The summed E-state index contributed by atoms with van der Waals surface area (Å²) in [5, 5.41) is 0. The van der Waals surface area contributed by atoms with E-state index in [0.29, 0.717) is 17.6 Å². The van der Waals surface area contributed by atoms with Crippen molar-refractivity contribution in [3.8, 4) is 0 Å². The molecular formula is C55H101NO3. The summed E-state index contributed by atoms with van der Waals surface area (Å²) >= 11 is 0. The summed E-state index contributed by atoms with van der Waals surface area (Å²) < 4.78 is 18.8. The van der Waals surface area contributed by atoms with Crippen molar-refractivity contribution in [1.29, 1.82) is 0 Å². The van der Waals surface area contributed by atoms with Gasteiger partial charge in [0.25, 0.3) is 0 Å². The molecule has 2 unspecified atom stereocenters. The first-order valence-electron chi connectivity index (χ1n) is 26.5. The minimum atomic E-state index is 0.336. The number of likely N-dealkylation sites (N-methyl/N-ethyl adjacent to an activating group) is 1. The minimum Gasteiger partial charge on any atom is -0.380 e. The Hall–Kier alpha value is -0.680. The van der Waals surface area contributed by atoms with E-state index in [-0.39, 0.29) is 0 Å². The zero-order chi connectivity index (χ0) is 42.1. The molecule has 0 heterocycles. The third-order valence-corrected chi connectivity index (χ3v) is 16.3. The standard InChI is InChI=1S/C55H101NO3/c1-8-9-10-11-12-13-14-15-16-17-18-19-20-21-22-25-39-57-43-48(56(6)7)44-58-40-26-23-24-27-41-59-49-37-38-55(5)47(42-49)31-32-53-52-34-33-50(51(52)35-36-54(53)55)46(4)30-28-29-45(2)3/h15-16,31,45-46,48-54H,8-14,17-30,32-44H2,1-7H3/t46-,48+,49+,50-,51-,52?,53+,54?,55+/m1/s1. The quantitative estimate of drug-likeness (QED) is 0.0478. The third-order valence-electron chi connectivity index (χ3n) is 16.3. The number of hydrogen-bond acceptors (Lipinski definition) is 4. The molecule has 0 saturated heterocycles. The predicted molar refractivity (Wildman–Crippen MR) is 255 cm³/mol. The highest BCUT2D eigenvalue weighted by molar-refractivity contribution is 5.25. The van der Waals surface area contributed by atoms with Crippen LogP contribution in [0.5, 0.6) is 0 Å². The molecule has 4 heteroatoms. The van der Waals surface area contributed by atoms with E-state index in [2.05, 4.69) is 71.8 Å². The van der Waals surface area contributed by atoms with Gasteiger partial charge in [-0.3, -0.25) is 0 Å². The van der Waals surface area contributed by atoms with Crippen molar-refractivity contribution >= 4 is 0 Å². The van der Waals surface area contributed by atoms with Gasteiger partial charge in [-0.15, -0.1) is 0 Å². The largest absolute Gasteiger partial charge is 0.380 e. The van der Waals surface area contributed by atoms with Gasteiger partial charge < -0.3 is 19.1 Å². The summed E-state index contributed by atoms with van der Waals surface area (Å²) in [5.41, 5.74) is 2.22. The predicted octanol–water partition coefficient (Wildman–Crippen LogP) is 15.6. The lowest BCUT2D eigenvalue weighted by molar-refractivity contribution is -0.0331. The first-order valence-corrected chi connectivity index (χ1v) is 26.5. The number of unbranched alkanes of at least 4 members (excludes halogenated alkanes) is 15. The molecule has 0 spiro atoms. The van der Waals surface area contributed by atoms with Gasteiger partial charge in [0, 0.05) is 19.8 Å². The molecule has 4 aliphatic rings. The molecule has 0 aromatic rings. The van der Waals surface area contributed by atoms with Crippen molar-refractivity contribution in [3.05, 3.63) is 23.8 Å². The van der Waals surface area contributed by atoms with Gasteiger partial charge in [-0.25, -0.2) is 0 Å². The van der Waals surface area contributed by atoms with Crippen LogP contribution in [-0.2, 0) is 14.2 Å². The van der Waals surface area contributed by atoms with Gasteiger partial charge in [-0.1, -0.05) is 148 Å². The van der Waals surface area contributed by atoms with Crippen molar-refractivity contribution in [3.63, 3.8) is 0 Å². The maximum absolute atomic E-state index is 6.57. The highest BCUT2D eigenvalue weighted by Crippen LogP contribution is 2.63. The molecule has 9 atom stereocenters. The van der Waals surface area contributed by atoms with E-state index < -0.39 is 0 Å². The van der Waals surface area contributed by atoms with Crippen molar-refractivity contribution in [2.75, 3.05) is 47.1 Å². The summed E-state index contributed by atoms with van der Waals surface area (Å²) in [4.78, 5) is 2.26. The normalized spacial score (nSPS) is 27.9. The van der Waals surface area contributed by atoms with E-state index in [4.69, 9.17) is 14.2 Å². The molecule has 4 aliphatic carbocycles. The first kappa shape index (κ1) is 51.0. The molecule has 0 aliphatic heterocycles. The van der Waals surface area contributed by atoms with Crippen molar-refractivity contribution < 1.29 is 14.2 Å². The minimum absolute atomic E-state index is 0.336. The number of hydrogen-bond donors (Lipinski definition) is 0. The molecule has 0 N–H and O–H groups in total. The lowest BCUT2D eigenvalue weighted by atomic mass is 9.50. The second-order valence-corrected chi connectivity index (χ2v) is 21.5. The van der Waals surface area contributed by atoms with Crippen LogP contribution in [0.2, 0.25) is 0 Å². The van der Waals surface area contributed by atoms with Gasteiger partial charge in [0.2, 0.25) is 0 Å². The van der Waals surface area contributed by atoms with Crippen LogP contribution in [0.25, 0.3) is 0 Å². The lowest BCUT2D eigenvalue weighted by Gasteiger charge is -2.55. The Morgan fingerprint density at radius 2 is 1.25 bits per heavy atom. The van der Waals surface area contributed by atoms with Gasteiger partial charge in [0.1, 0.15) is 0 Å². The second-order valence-electron chi connectivity index (χ2n) is 21.5. The van der Waals surface area contributed by atoms with Gasteiger partial charge in [-0.2, -0.15) is 0 Å². The fourth-order valence-electron chi connectivity index (χ4n) is 12.4. The van der Waals surface area contributed by atoms with Gasteiger partial charge in [0.15, 0.2) is 0 Å². The van der Waals surface area contributed by atoms with E-state index in [1.54, 1.807) is 5.57 Å². The molecule has 0 radical (unpaired) electrons. The maximum Gasteiger partial charge on any atom is 0.0644 e. The summed E-state index contributed by atoms with van der Waals surface area (Å²) in [6, 6.07) is 0.336. The third kappa shape index (κ3) is 18.1. The Morgan fingerprint density at radius 3 is 1.88 bits per heavy atom. The molecule has 0 amide bonds. The number of fused-ring (bicyclic) bond motifs is 5. The van der Waals surface area contributed by atoms with Gasteiger partial charge in [0.05, 0.1) is 25.4 Å². The average Bonchev–Trinajstić information content (AvgIpc) is 3.66. The number of nitrogens with zero attached hydrogens (tertiary/aromatic N) is 1. The van der Waals surface area contributed by atoms with E-state index in [1.807, 2.05) is 0 Å². The average molecular weight is 824 g/mol. The molecule has 344 valence electrons. The van der Waals surface area contributed by atoms with Crippen LogP contribution in [0, 0.1) is 46.8 Å². The van der Waals surface area contributed by atoms with Crippen LogP contribution in [0.1, 0.15) is 221 Å². The van der Waals surface area contributed by atoms with E-state index in [1.165, 1.54) is 180 Å². The molecule has 0 aromatic carbocycles. The fourth-order valence-corrected chi connectivity index (χ4v) is 12.4. The molecule has 0 bridgehead atoms. The Balaban J connectivity index is 0.960.